The number of hydrogen-bond acceptors (Lipinski definition) is 4. The molecular weight excluding hydrogens is 524 g/mol. The van der Waals surface area contributed by atoms with Gasteiger partial charge in [0.1, 0.15) is 6.04 Å². The lowest BCUT2D eigenvalue weighted by Crippen LogP contribution is -2.58. The molecule has 1 saturated heterocycles. The third kappa shape index (κ3) is 19.8. The van der Waals surface area contributed by atoms with E-state index in [1.54, 1.807) is 4.90 Å². The van der Waals surface area contributed by atoms with Gasteiger partial charge in [0.05, 0.1) is 6.10 Å². The predicted molar refractivity (Wildman–Crippen MR) is 177 cm³/mol. The quantitative estimate of drug-likeness (QED) is 0.249. The molecule has 0 radical (unpaired) electrons. The van der Waals surface area contributed by atoms with Crippen LogP contribution in [0, 0.1) is 25.7 Å². The maximum absolute atomic E-state index is 12.3. The Morgan fingerprint density at radius 2 is 1.52 bits per heavy atom. The van der Waals surface area contributed by atoms with E-state index in [0.29, 0.717) is 26.1 Å². The summed E-state index contributed by atoms with van der Waals surface area (Å²) in [5.41, 5.74) is 9.26. The molecule has 2 atom stereocenters. The molecule has 1 fully saturated rings. The van der Waals surface area contributed by atoms with Crippen molar-refractivity contribution in [2.75, 3.05) is 26.2 Å². The number of hydrogen-bond donors (Lipinski definition) is 4. The average molecular weight is 583 g/mol. The number of urea groups is 1. The molecule has 3 amide bonds. The highest BCUT2D eigenvalue weighted by atomic mass is 16.3. The Morgan fingerprint density at radius 3 is 1.86 bits per heavy atom. The zero-order valence-electron chi connectivity index (χ0n) is 27.2. The van der Waals surface area contributed by atoms with Crippen LogP contribution in [0.2, 0.25) is 0 Å². The van der Waals surface area contributed by atoms with Gasteiger partial charge >= 0.3 is 6.03 Å². The van der Waals surface area contributed by atoms with Crippen LogP contribution in [0.1, 0.15) is 71.4 Å². The number of nitrogens with one attached hydrogen (secondary N) is 2. The highest BCUT2D eigenvalue weighted by Crippen LogP contribution is 2.14. The second-order valence-electron chi connectivity index (χ2n) is 11.6. The van der Waals surface area contributed by atoms with Gasteiger partial charge in [-0.15, -0.1) is 6.58 Å². The number of aliphatic hydroxyl groups excluding tert-OH is 1. The molecule has 0 saturated carbocycles. The van der Waals surface area contributed by atoms with Gasteiger partial charge in [-0.25, -0.2) is 4.79 Å². The molecule has 0 bridgehead atoms. The van der Waals surface area contributed by atoms with Gasteiger partial charge in [-0.05, 0) is 58.3 Å². The largest absolute Gasteiger partial charge is 0.392 e. The van der Waals surface area contributed by atoms with Crippen LogP contribution >= 0.6 is 0 Å². The van der Waals surface area contributed by atoms with Crippen LogP contribution in [0.15, 0.2) is 72.8 Å². The second-order valence-corrected chi connectivity index (χ2v) is 11.6. The van der Waals surface area contributed by atoms with Gasteiger partial charge in [0.15, 0.2) is 0 Å². The molecule has 1 aliphatic heterocycles. The Morgan fingerprint density at radius 1 is 1.00 bits per heavy atom. The van der Waals surface area contributed by atoms with Crippen molar-refractivity contribution in [3.05, 3.63) is 83.9 Å². The third-order valence-electron chi connectivity index (χ3n) is 6.43. The Bertz CT molecular complexity index is 943. The molecule has 7 nitrogen and oxygen atoms in total. The van der Waals surface area contributed by atoms with Crippen molar-refractivity contribution in [1.82, 2.24) is 15.5 Å². The molecular formula is C35H58N4O3. The van der Waals surface area contributed by atoms with Crippen molar-refractivity contribution in [2.45, 2.75) is 86.3 Å². The van der Waals surface area contributed by atoms with Crippen molar-refractivity contribution >= 4 is 11.9 Å². The van der Waals surface area contributed by atoms with Gasteiger partial charge in [0.25, 0.3) is 0 Å². The van der Waals surface area contributed by atoms with E-state index in [1.165, 1.54) is 29.5 Å². The number of carbonyl (C=O) groups is 2. The van der Waals surface area contributed by atoms with Crippen molar-refractivity contribution < 1.29 is 14.7 Å². The molecule has 2 aromatic carbocycles. The first-order valence-electron chi connectivity index (χ1n) is 15.3. The molecule has 1 heterocycles. The van der Waals surface area contributed by atoms with Crippen LogP contribution in [0.3, 0.4) is 0 Å². The Kier molecular flexibility index (Phi) is 21.6. The number of amides is 3. The molecule has 7 heteroatoms. The maximum Gasteiger partial charge on any atom is 0.318 e. The summed E-state index contributed by atoms with van der Waals surface area (Å²) in [6.07, 6.45) is 3.13. The summed E-state index contributed by atoms with van der Waals surface area (Å²) in [5, 5.41) is 14.9. The fraction of sp³-hybridized carbons (Fsp3) is 0.543. The molecule has 0 spiro atoms. The summed E-state index contributed by atoms with van der Waals surface area (Å²) in [5.74, 6) is 0.672. The predicted octanol–water partition coefficient (Wildman–Crippen LogP) is 6.24. The number of benzene rings is 2. The van der Waals surface area contributed by atoms with E-state index in [1.807, 2.05) is 50.2 Å². The first-order valence-corrected chi connectivity index (χ1v) is 15.3. The number of rotatable bonds is 10. The van der Waals surface area contributed by atoms with Crippen LogP contribution in [0.5, 0.6) is 0 Å². The summed E-state index contributed by atoms with van der Waals surface area (Å²) in [4.78, 5) is 25.7. The number of carbonyl (C=O) groups excluding carboxylic acids is 2. The molecule has 0 aromatic heterocycles. The standard InChI is InChI=1S/C13H26N4O3.C8H16.2C7H8/c1-9(2)11(17-7-3-5-16-13(17)20)12(19)15-6-4-10(18)8-14;1-7(2)5-6-8(3)4;2*1-7-5-3-2-4-6-7/h9-11,18H,3-8,14H2,1-2H3,(H,15,19)(H,16,20);8H,1,5-6H2,2-4H3;2*2-6H,1H3. The van der Waals surface area contributed by atoms with E-state index in [4.69, 9.17) is 5.73 Å². The molecule has 236 valence electrons. The minimum atomic E-state index is -0.605. The van der Waals surface area contributed by atoms with Crippen molar-refractivity contribution in [3.8, 4) is 0 Å². The molecule has 3 rings (SSSR count). The van der Waals surface area contributed by atoms with Crippen molar-refractivity contribution in [3.63, 3.8) is 0 Å². The number of nitrogens with zero attached hydrogens (tertiary/aromatic N) is 1. The van der Waals surface area contributed by atoms with Crippen molar-refractivity contribution in [2.24, 2.45) is 17.6 Å². The van der Waals surface area contributed by atoms with Crippen LogP contribution in [-0.2, 0) is 4.79 Å². The number of aliphatic hydroxyl groups is 1. The van der Waals surface area contributed by atoms with Gasteiger partial charge < -0.3 is 26.4 Å². The van der Waals surface area contributed by atoms with Crippen molar-refractivity contribution in [1.29, 1.82) is 0 Å². The highest BCUT2D eigenvalue weighted by molar-refractivity contribution is 5.87. The smallest absolute Gasteiger partial charge is 0.318 e. The fourth-order valence-electron chi connectivity index (χ4n) is 3.91. The van der Waals surface area contributed by atoms with E-state index in [9.17, 15) is 14.7 Å². The van der Waals surface area contributed by atoms with E-state index < -0.39 is 12.1 Å². The van der Waals surface area contributed by atoms with Gasteiger partial charge in [-0.1, -0.05) is 105 Å². The van der Waals surface area contributed by atoms with Crippen LogP contribution < -0.4 is 16.4 Å². The van der Waals surface area contributed by atoms with Crippen LogP contribution in [0.25, 0.3) is 0 Å². The summed E-state index contributed by atoms with van der Waals surface area (Å²) in [6, 6.07) is 19.9. The molecule has 5 N–H and O–H groups in total. The first-order chi connectivity index (χ1) is 19.9. The lowest BCUT2D eigenvalue weighted by molar-refractivity contribution is -0.127. The topological polar surface area (TPSA) is 108 Å². The zero-order chi connectivity index (χ0) is 31.9. The van der Waals surface area contributed by atoms with E-state index >= 15 is 0 Å². The number of allylic oxidation sites excluding steroid dienone is 1. The van der Waals surface area contributed by atoms with Gasteiger partial charge in [-0.3, -0.25) is 4.79 Å². The molecule has 42 heavy (non-hydrogen) atoms. The number of nitrogens with two attached hydrogens (primary N) is 1. The zero-order valence-corrected chi connectivity index (χ0v) is 27.2. The van der Waals surface area contributed by atoms with Gasteiger partial charge in [0.2, 0.25) is 5.91 Å². The molecule has 2 aromatic rings. The van der Waals surface area contributed by atoms with E-state index in [0.717, 1.165) is 12.3 Å². The minimum Gasteiger partial charge on any atom is -0.392 e. The van der Waals surface area contributed by atoms with Gasteiger partial charge in [0, 0.05) is 26.2 Å². The molecule has 2 unspecified atom stereocenters. The van der Waals surface area contributed by atoms with E-state index in [2.05, 4.69) is 76.1 Å². The lowest BCUT2D eigenvalue weighted by atomic mass is 10.0. The lowest BCUT2D eigenvalue weighted by Gasteiger charge is -2.36. The molecule has 1 aliphatic rings. The fourth-order valence-corrected chi connectivity index (χ4v) is 3.91. The van der Waals surface area contributed by atoms with Gasteiger partial charge in [-0.2, -0.15) is 0 Å². The number of aryl methyl sites for hydroxylation is 2. The maximum atomic E-state index is 12.3. The van der Waals surface area contributed by atoms with Crippen LogP contribution in [0.4, 0.5) is 4.79 Å². The SMILES string of the molecule is C=C(C)CCC(C)C.CC(C)C(C(=O)NCCC(O)CN)N1CCCNC1=O.Cc1ccccc1.Cc1ccccc1. The minimum absolute atomic E-state index is 0.0262. The first kappa shape index (κ1) is 38.8. The highest BCUT2D eigenvalue weighted by Gasteiger charge is 2.33. The summed E-state index contributed by atoms with van der Waals surface area (Å²) >= 11 is 0. The Hall–Kier alpha value is -3.16. The average Bonchev–Trinajstić information content (AvgIpc) is 2.95. The Labute approximate surface area is 256 Å². The Balaban J connectivity index is 0.000000621. The third-order valence-corrected chi connectivity index (χ3v) is 6.43. The molecule has 0 aliphatic carbocycles. The van der Waals surface area contributed by atoms with E-state index in [-0.39, 0.29) is 24.4 Å². The van der Waals surface area contributed by atoms with Crippen LogP contribution in [-0.4, -0.2) is 60.3 Å². The summed E-state index contributed by atoms with van der Waals surface area (Å²) < 4.78 is 0. The monoisotopic (exact) mass is 582 g/mol. The normalized spacial score (nSPS) is 13.7. The summed E-state index contributed by atoms with van der Waals surface area (Å²) in [6.45, 7) is 20.2. The second kappa shape index (κ2) is 23.4. The summed E-state index contributed by atoms with van der Waals surface area (Å²) in [7, 11) is 0.